The first-order chi connectivity index (χ1) is 8.00. The Kier molecular flexibility index (Phi) is 3.71. The van der Waals surface area contributed by atoms with Crippen molar-refractivity contribution in [3.63, 3.8) is 0 Å². The van der Waals surface area contributed by atoms with Crippen molar-refractivity contribution < 1.29 is 0 Å². The van der Waals surface area contributed by atoms with Gasteiger partial charge in [0, 0.05) is 11.5 Å². The maximum absolute atomic E-state index is 6.14. The van der Waals surface area contributed by atoms with E-state index in [1.54, 1.807) is 11.3 Å². The van der Waals surface area contributed by atoms with Crippen LogP contribution in [0.2, 0.25) is 10.2 Å². The average molecular weight is 287 g/mol. The lowest BCUT2D eigenvalue weighted by Gasteiger charge is -2.10. The van der Waals surface area contributed by atoms with Crippen molar-refractivity contribution in [2.45, 2.75) is 26.7 Å². The molecule has 2 nitrogen and oxygen atoms in total. The van der Waals surface area contributed by atoms with Crippen LogP contribution in [0.3, 0.4) is 0 Å². The fourth-order valence-electron chi connectivity index (χ4n) is 1.45. The summed E-state index contributed by atoms with van der Waals surface area (Å²) in [4.78, 5) is 9.81. The molecule has 0 bridgehead atoms. The lowest BCUT2D eigenvalue weighted by Crippen LogP contribution is -2.01. The zero-order valence-corrected chi connectivity index (χ0v) is 12.1. The van der Waals surface area contributed by atoms with Crippen LogP contribution in [-0.4, -0.2) is 9.97 Å². The van der Waals surface area contributed by atoms with E-state index in [2.05, 4.69) is 9.97 Å². The molecule has 0 N–H and O–H groups in total. The van der Waals surface area contributed by atoms with Crippen molar-refractivity contribution in [3.8, 4) is 10.6 Å². The van der Waals surface area contributed by atoms with Gasteiger partial charge in [-0.15, -0.1) is 11.3 Å². The largest absolute Gasteiger partial charge is 0.231 e. The minimum atomic E-state index is 0.241. The van der Waals surface area contributed by atoms with Gasteiger partial charge in [0.05, 0.1) is 15.6 Å². The molecule has 0 spiro atoms. The smallest absolute Gasteiger partial charge is 0.136 e. The quantitative estimate of drug-likeness (QED) is 0.731. The summed E-state index contributed by atoms with van der Waals surface area (Å²) in [5, 5.41) is 3.16. The first kappa shape index (κ1) is 12.8. The molecule has 0 saturated carbocycles. The van der Waals surface area contributed by atoms with E-state index in [0.717, 1.165) is 22.0 Å². The molecule has 0 aliphatic heterocycles. The SMILES string of the molecule is Cc1c(Cl)nc(C(C)C)nc1-c1sccc1Cl. The van der Waals surface area contributed by atoms with Gasteiger partial charge >= 0.3 is 0 Å². The standard InChI is InChI=1S/C12H12Cl2N2S/c1-6(2)12-15-9(7(3)11(14)16-12)10-8(13)4-5-17-10/h4-6H,1-3H3. The van der Waals surface area contributed by atoms with Crippen molar-refractivity contribution in [2.75, 3.05) is 0 Å². The molecule has 0 aliphatic rings. The molecule has 0 aliphatic carbocycles. The molecule has 0 unspecified atom stereocenters. The first-order valence-corrected chi connectivity index (χ1v) is 6.91. The van der Waals surface area contributed by atoms with Crippen LogP contribution in [0, 0.1) is 6.92 Å². The highest BCUT2D eigenvalue weighted by Gasteiger charge is 2.16. The fourth-order valence-corrected chi connectivity index (χ4v) is 2.82. The van der Waals surface area contributed by atoms with Crippen LogP contribution in [0.5, 0.6) is 0 Å². The number of hydrogen-bond donors (Lipinski definition) is 0. The highest BCUT2D eigenvalue weighted by molar-refractivity contribution is 7.14. The summed E-state index contributed by atoms with van der Waals surface area (Å²) in [6.45, 7) is 6.00. The predicted octanol–water partition coefficient (Wildman–Crippen LogP) is 4.94. The van der Waals surface area contributed by atoms with E-state index in [4.69, 9.17) is 23.2 Å². The molecule has 5 heteroatoms. The predicted molar refractivity (Wildman–Crippen MR) is 74.2 cm³/mol. The summed E-state index contributed by atoms with van der Waals surface area (Å²) in [6, 6.07) is 1.87. The molecule has 0 saturated heterocycles. The molecular weight excluding hydrogens is 275 g/mol. The second-order valence-electron chi connectivity index (χ2n) is 4.10. The van der Waals surface area contributed by atoms with E-state index < -0.39 is 0 Å². The molecule has 0 atom stereocenters. The zero-order chi connectivity index (χ0) is 12.6. The van der Waals surface area contributed by atoms with E-state index in [9.17, 15) is 0 Å². The number of halogens is 2. The highest BCUT2D eigenvalue weighted by atomic mass is 35.5. The minimum absolute atomic E-state index is 0.241. The normalized spacial score (nSPS) is 11.2. The molecule has 90 valence electrons. The average Bonchev–Trinajstić information content (AvgIpc) is 2.68. The summed E-state index contributed by atoms with van der Waals surface area (Å²) >= 11 is 13.8. The van der Waals surface area contributed by atoms with Gasteiger partial charge in [-0.2, -0.15) is 0 Å². The molecule has 17 heavy (non-hydrogen) atoms. The Bertz CT molecular complexity index is 549. The van der Waals surface area contributed by atoms with E-state index in [0.29, 0.717) is 10.2 Å². The van der Waals surface area contributed by atoms with Crippen LogP contribution in [0.1, 0.15) is 31.2 Å². The Balaban J connectivity index is 2.65. The number of aromatic nitrogens is 2. The molecular formula is C12H12Cl2N2S. The number of thiophene rings is 1. The van der Waals surface area contributed by atoms with Crippen LogP contribution < -0.4 is 0 Å². The number of nitrogens with zero attached hydrogens (tertiary/aromatic N) is 2. The summed E-state index contributed by atoms with van der Waals surface area (Å²) < 4.78 is 0. The van der Waals surface area contributed by atoms with Crippen molar-refractivity contribution in [2.24, 2.45) is 0 Å². The molecule has 2 aromatic rings. The van der Waals surface area contributed by atoms with E-state index >= 15 is 0 Å². The van der Waals surface area contributed by atoms with Crippen molar-refractivity contribution in [1.82, 2.24) is 9.97 Å². The summed E-state index contributed by atoms with van der Waals surface area (Å²) in [5.74, 6) is 0.991. The van der Waals surface area contributed by atoms with Gasteiger partial charge in [0.25, 0.3) is 0 Å². The van der Waals surface area contributed by atoms with Crippen LogP contribution in [-0.2, 0) is 0 Å². The third kappa shape index (κ3) is 2.46. The van der Waals surface area contributed by atoms with Gasteiger partial charge < -0.3 is 0 Å². The Labute approximate surface area is 115 Å². The lowest BCUT2D eigenvalue weighted by molar-refractivity contribution is 0.774. The van der Waals surface area contributed by atoms with Crippen LogP contribution in [0.4, 0.5) is 0 Å². The van der Waals surface area contributed by atoms with Gasteiger partial charge in [-0.1, -0.05) is 37.0 Å². The maximum atomic E-state index is 6.14. The number of rotatable bonds is 2. The van der Waals surface area contributed by atoms with Crippen molar-refractivity contribution >= 4 is 34.5 Å². The van der Waals surface area contributed by atoms with Crippen LogP contribution in [0.25, 0.3) is 10.6 Å². The van der Waals surface area contributed by atoms with E-state index in [-0.39, 0.29) is 5.92 Å². The Morgan fingerprint density at radius 3 is 2.47 bits per heavy atom. The maximum Gasteiger partial charge on any atom is 0.136 e. The Hall–Kier alpha value is -0.640. The molecule has 0 aromatic carbocycles. The summed E-state index contributed by atoms with van der Waals surface area (Å²) in [5.41, 5.74) is 1.72. The summed E-state index contributed by atoms with van der Waals surface area (Å²) in [7, 11) is 0. The van der Waals surface area contributed by atoms with Gasteiger partial charge in [0.2, 0.25) is 0 Å². The molecule has 0 radical (unpaired) electrons. The van der Waals surface area contributed by atoms with Crippen molar-refractivity contribution in [3.05, 3.63) is 33.0 Å². The second kappa shape index (κ2) is 4.92. The second-order valence-corrected chi connectivity index (χ2v) is 5.78. The van der Waals surface area contributed by atoms with Crippen molar-refractivity contribution in [1.29, 1.82) is 0 Å². The van der Waals surface area contributed by atoms with Crippen LogP contribution in [0.15, 0.2) is 11.4 Å². The van der Waals surface area contributed by atoms with E-state index in [1.807, 2.05) is 32.2 Å². The lowest BCUT2D eigenvalue weighted by atomic mass is 10.1. The highest BCUT2D eigenvalue weighted by Crippen LogP contribution is 2.36. The number of hydrogen-bond acceptors (Lipinski definition) is 3. The topological polar surface area (TPSA) is 25.8 Å². The van der Waals surface area contributed by atoms with Gasteiger partial charge in [0.15, 0.2) is 0 Å². The minimum Gasteiger partial charge on any atom is -0.231 e. The Morgan fingerprint density at radius 1 is 1.24 bits per heavy atom. The third-order valence-electron chi connectivity index (χ3n) is 2.45. The molecule has 2 heterocycles. The van der Waals surface area contributed by atoms with Crippen LogP contribution >= 0.6 is 34.5 Å². The fraction of sp³-hybridized carbons (Fsp3) is 0.333. The first-order valence-electron chi connectivity index (χ1n) is 5.28. The van der Waals surface area contributed by atoms with E-state index in [1.165, 1.54) is 0 Å². The summed E-state index contributed by atoms with van der Waals surface area (Å²) in [6.07, 6.45) is 0. The van der Waals surface area contributed by atoms with Gasteiger partial charge in [-0.3, -0.25) is 0 Å². The van der Waals surface area contributed by atoms with Gasteiger partial charge in [-0.05, 0) is 18.4 Å². The third-order valence-corrected chi connectivity index (χ3v) is 4.17. The van der Waals surface area contributed by atoms with Gasteiger partial charge in [0.1, 0.15) is 11.0 Å². The Morgan fingerprint density at radius 2 is 1.94 bits per heavy atom. The molecule has 0 amide bonds. The zero-order valence-electron chi connectivity index (χ0n) is 9.79. The monoisotopic (exact) mass is 286 g/mol. The molecule has 2 rings (SSSR count). The molecule has 0 fully saturated rings. The van der Waals surface area contributed by atoms with Gasteiger partial charge in [-0.25, -0.2) is 9.97 Å². The molecule has 2 aromatic heterocycles.